The van der Waals surface area contributed by atoms with E-state index in [2.05, 4.69) is 5.32 Å². The van der Waals surface area contributed by atoms with Crippen molar-refractivity contribution in [3.05, 3.63) is 83.9 Å². The molecule has 30 heavy (non-hydrogen) atoms. The SMILES string of the molecule is COc1ccc(NC(=O)c2cccc(S(=O)(=O)N3c4ccccc4CC3C)c2)cc1. The molecule has 3 aromatic carbocycles. The predicted molar refractivity (Wildman–Crippen MR) is 117 cm³/mol. The Balaban J connectivity index is 1.61. The lowest BCUT2D eigenvalue weighted by Gasteiger charge is -2.24. The van der Waals surface area contributed by atoms with Gasteiger partial charge >= 0.3 is 0 Å². The van der Waals surface area contributed by atoms with E-state index in [0.29, 0.717) is 23.5 Å². The molecule has 0 spiro atoms. The second-order valence-electron chi connectivity index (χ2n) is 7.19. The maximum Gasteiger partial charge on any atom is 0.264 e. The van der Waals surface area contributed by atoms with E-state index in [4.69, 9.17) is 4.74 Å². The zero-order chi connectivity index (χ0) is 21.3. The first kappa shape index (κ1) is 20.0. The van der Waals surface area contributed by atoms with Crippen molar-refractivity contribution in [2.75, 3.05) is 16.7 Å². The fraction of sp³-hybridized carbons (Fsp3) is 0.174. The van der Waals surface area contributed by atoms with Crippen LogP contribution in [0.5, 0.6) is 5.75 Å². The summed E-state index contributed by atoms with van der Waals surface area (Å²) in [5.41, 5.74) is 2.56. The molecule has 3 aromatic rings. The van der Waals surface area contributed by atoms with E-state index in [1.807, 2.05) is 31.2 Å². The summed E-state index contributed by atoms with van der Waals surface area (Å²) in [5.74, 6) is 0.299. The minimum atomic E-state index is -3.80. The number of anilines is 2. The number of sulfonamides is 1. The number of para-hydroxylation sites is 1. The molecule has 0 aromatic heterocycles. The lowest BCUT2D eigenvalue weighted by Crippen LogP contribution is -2.35. The molecule has 1 N–H and O–H groups in total. The number of hydrogen-bond donors (Lipinski definition) is 1. The van der Waals surface area contributed by atoms with Gasteiger partial charge in [0.2, 0.25) is 0 Å². The average molecular weight is 423 g/mol. The maximum atomic E-state index is 13.4. The zero-order valence-corrected chi connectivity index (χ0v) is 17.5. The molecule has 0 radical (unpaired) electrons. The van der Waals surface area contributed by atoms with Gasteiger partial charge < -0.3 is 10.1 Å². The summed E-state index contributed by atoms with van der Waals surface area (Å²) in [4.78, 5) is 12.8. The summed E-state index contributed by atoms with van der Waals surface area (Å²) in [6.45, 7) is 1.89. The van der Waals surface area contributed by atoms with Gasteiger partial charge in [0.15, 0.2) is 0 Å². The van der Waals surface area contributed by atoms with Crippen LogP contribution >= 0.6 is 0 Å². The predicted octanol–water partition coefficient (Wildman–Crippen LogP) is 4.09. The number of nitrogens with one attached hydrogen (secondary N) is 1. The minimum absolute atomic E-state index is 0.0911. The Morgan fingerprint density at radius 2 is 1.77 bits per heavy atom. The van der Waals surface area contributed by atoms with Crippen LogP contribution in [0.25, 0.3) is 0 Å². The summed E-state index contributed by atoms with van der Waals surface area (Å²) in [7, 11) is -2.23. The van der Waals surface area contributed by atoms with Gasteiger partial charge in [-0.05, 0) is 67.4 Å². The van der Waals surface area contributed by atoms with Gasteiger partial charge in [0.25, 0.3) is 15.9 Å². The zero-order valence-electron chi connectivity index (χ0n) is 16.7. The number of ether oxygens (including phenoxy) is 1. The number of hydrogen-bond acceptors (Lipinski definition) is 4. The number of amides is 1. The highest BCUT2D eigenvalue weighted by Crippen LogP contribution is 2.36. The van der Waals surface area contributed by atoms with Crippen LogP contribution in [-0.2, 0) is 16.4 Å². The molecule has 7 heteroatoms. The molecule has 1 amide bonds. The number of fused-ring (bicyclic) bond motifs is 1. The molecular formula is C23H22N2O4S. The number of carbonyl (C=O) groups is 1. The highest BCUT2D eigenvalue weighted by Gasteiger charge is 2.36. The van der Waals surface area contributed by atoms with E-state index in [1.165, 1.54) is 16.4 Å². The van der Waals surface area contributed by atoms with Crippen molar-refractivity contribution in [1.29, 1.82) is 0 Å². The van der Waals surface area contributed by atoms with E-state index in [0.717, 1.165) is 5.56 Å². The van der Waals surface area contributed by atoms with Gasteiger partial charge in [-0.15, -0.1) is 0 Å². The number of carbonyl (C=O) groups excluding carboxylic acids is 1. The van der Waals surface area contributed by atoms with Crippen LogP contribution in [0.4, 0.5) is 11.4 Å². The summed E-state index contributed by atoms with van der Waals surface area (Å²) in [6, 6.07) is 20.4. The highest BCUT2D eigenvalue weighted by atomic mass is 32.2. The first-order valence-corrected chi connectivity index (χ1v) is 11.0. The molecule has 0 saturated carbocycles. The first-order valence-electron chi connectivity index (χ1n) is 9.58. The largest absolute Gasteiger partial charge is 0.497 e. The van der Waals surface area contributed by atoms with Gasteiger partial charge in [0, 0.05) is 17.3 Å². The molecule has 0 bridgehead atoms. The third-order valence-corrected chi connectivity index (χ3v) is 7.07. The Bertz CT molecular complexity index is 1190. The molecule has 1 unspecified atom stereocenters. The van der Waals surface area contributed by atoms with Crippen LogP contribution in [-0.4, -0.2) is 27.5 Å². The maximum absolute atomic E-state index is 13.4. The molecule has 4 rings (SSSR count). The molecule has 1 heterocycles. The monoisotopic (exact) mass is 422 g/mol. The normalized spacial score (nSPS) is 15.5. The van der Waals surface area contributed by atoms with Crippen molar-refractivity contribution >= 4 is 27.3 Å². The average Bonchev–Trinajstić information content (AvgIpc) is 3.10. The second-order valence-corrected chi connectivity index (χ2v) is 9.01. The van der Waals surface area contributed by atoms with E-state index >= 15 is 0 Å². The molecule has 154 valence electrons. The Hall–Kier alpha value is -3.32. The third-order valence-electron chi connectivity index (χ3n) is 5.15. The fourth-order valence-electron chi connectivity index (χ4n) is 3.69. The van der Waals surface area contributed by atoms with Crippen LogP contribution in [0.15, 0.2) is 77.7 Å². The van der Waals surface area contributed by atoms with E-state index in [-0.39, 0.29) is 22.4 Å². The Kier molecular flexibility index (Phi) is 5.22. The quantitative estimate of drug-likeness (QED) is 0.672. The molecule has 0 fully saturated rings. The van der Waals surface area contributed by atoms with E-state index < -0.39 is 10.0 Å². The molecule has 1 aliphatic rings. The Morgan fingerprint density at radius 1 is 1.03 bits per heavy atom. The van der Waals surface area contributed by atoms with Crippen LogP contribution in [0.3, 0.4) is 0 Å². The smallest absolute Gasteiger partial charge is 0.264 e. The van der Waals surface area contributed by atoms with E-state index in [1.54, 1.807) is 43.5 Å². The van der Waals surface area contributed by atoms with E-state index in [9.17, 15) is 13.2 Å². The summed E-state index contributed by atoms with van der Waals surface area (Å²) in [5, 5.41) is 2.78. The Labute approximate surface area is 176 Å². The second kappa shape index (κ2) is 7.84. The van der Waals surface area contributed by atoms with Gasteiger partial charge in [-0.2, -0.15) is 0 Å². The molecule has 1 atom stereocenters. The summed E-state index contributed by atoms with van der Waals surface area (Å²) in [6.07, 6.45) is 0.660. The highest BCUT2D eigenvalue weighted by molar-refractivity contribution is 7.92. The number of nitrogens with zero attached hydrogens (tertiary/aromatic N) is 1. The lowest BCUT2D eigenvalue weighted by atomic mass is 10.1. The standard InChI is InChI=1S/C23H22N2O4S/c1-16-14-17-6-3-4-9-22(17)25(16)30(27,28)21-8-5-7-18(15-21)23(26)24-19-10-12-20(29-2)13-11-19/h3-13,15-16H,14H2,1-2H3,(H,24,26). The Morgan fingerprint density at radius 3 is 2.50 bits per heavy atom. The van der Waals surface area contributed by atoms with Gasteiger partial charge in [0.1, 0.15) is 5.75 Å². The summed E-state index contributed by atoms with van der Waals surface area (Å²) < 4.78 is 33.3. The molecule has 1 aliphatic heterocycles. The summed E-state index contributed by atoms with van der Waals surface area (Å²) >= 11 is 0. The van der Waals surface area contributed by atoms with Crippen molar-refractivity contribution < 1.29 is 17.9 Å². The minimum Gasteiger partial charge on any atom is -0.497 e. The topological polar surface area (TPSA) is 75.7 Å². The van der Waals surface area contributed by atoms with Gasteiger partial charge in [-0.1, -0.05) is 24.3 Å². The van der Waals surface area contributed by atoms with Crippen molar-refractivity contribution in [2.45, 2.75) is 24.3 Å². The third kappa shape index (κ3) is 3.64. The van der Waals surface area contributed by atoms with Crippen LogP contribution < -0.4 is 14.4 Å². The fourth-order valence-corrected chi connectivity index (χ4v) is 5.43. The molecule has 0 aliphatic carbocycles. The molecular weight excluding hydrogens is 400 g/mol. The van der Waals surface area contributed by atoms with Crippen molar-refractivity contribution in [3.8, 4) is 5.75 Å². The molecule has 6 nitrogen and oxygen atoms in total. The lowest BCUT2D eigenvalue weighted by molar-refractivity contribution is 0.102. The van der Waals surface area contributed by atoms with Crippen molar-refractivity contribution in [1.82, 2.24) is 0 Å². The number of methoxy groups -OCH3 is 1. The number of benzene rings is 3. The van der Waals surface area contributed by atoms with Crippen molar-refractivity contribution in [2.24, 2.45) is 0 Å². The van der Waals surface area contributed by atoms with Gasteiger partial charge in [0.05, 0.1) is 17.7 Å². The first-order chi connectivity index (χ1) is 14.4. The van der Waals surface area contributed by atoms with Crippen LogP contribution in [0.1, 0.15) is 22.8 Å². The van der Waals surface area contributed by atoms with Crippen LogP contribution in [0, 0.1) is 0 Å². The van der Waals surface area contributed by atoms with Gasteiger partial charge in [-0.3, -0.25) is 9.10 Å². The van der Waals surface area contributed by atoms with Gasteiger partial charge in [-0.25, -0.2) is 8.42 Å². The number of rotatable bonds is 5. The van der Waals surface area contributed by atoms with Crippen LogP contribution in [0.2, 0.25) is 0 Å². The molecule has 0 saturated heterocycles. The van der Waals surface area contributed by atoms with Crippen molar-refractivity contribution in [3.63, 3.8) is 0 Å².